The predicted molar refractivity (Wildman–Crippen MR) is 92.6 cm³/mol. The third-order valence-electron chi connectivity index (χ3n) is 5.67. The van der Waals surface area contributed by atoms with Crippen LogP contribution in [0.1, 0.15) is 42.7 Å². The van der Waals surface area contributed by atoms with Gasteiger partial charge in [0.05, 0.1) is 4.75 Å². The van der Waals surface area contributed by atoms with E-state index in [2.05, 4.69) is 36.5 Å². The maximum absolute atomic E-state index is 12.3. The van der Waals surface area contributed by atoms with Gasteiger partial charge in [0.15, 0.2) is 9.84 Å². The SMILES string of the molecule is Cc1ccccc1C1CC(NCC2(S(C)(=O)=O)CCOCC2)C1. The van der Waals surface area contributed by atoms with E-state index in [0.717, 1.165) is 12.8 Å². The second-order valence-electron chi connectivity index (χ2n) is 7.17. The molecule has 0 atom stereocenters. The fourth-order valence-corrected chi connectivity index (χ4v) is 5.09. The molecule has 0 radical (unpaired) electrons. The van der Waals surface area contributed by atoms with E-state index < -0.39 is 14.6 Å². The Labute approximate surface area is 139 Å². The zero-order valence-corrected chi connectivity index (χ0v) is 14.9. The molecule has 1 aromatic rings. The third-order valence-corrected chi connectivity index (χ3v) is 7.80. The highest BCUT2D eigenvalue weighted by molar-refractivity contribution is 7.92. The minimum atomic E-state index is -3.08. The van der Waals surface area contributed by atoms with Crippen molar-refractivity contribution in [2.45, 2.75) is 49.3 Å². The minimum Gasteiger partial charge on any atom is -0.381 e. The maximum Gasteiger partial charge on any atom is 0.154 e. The largest absolute Gasteiger partial charge is 0.381 e. The Morgan fingerprint density at radius 1 is 1.22 bits per heavy atom. The molecule has 2 aliphatic rings. The quantitative estimate of drug-likeness (QED) is 0.896. The summed E-state index contributed by atoms with van der Waals surface area (Å²) >= 11 is 0. The first-order valence-corrected chi connectivity index (χ1v) is 10.4. The summed E-state index contributed by atoms with van der Waals surface area (Å²) in [4.78, 5) is 0. The molecule has 5 heteroatoms. The van der Waals surface area contributed by atoms with Gasteiger partial charge in [0.1, 0.15) is 0 Å². The number of hydrogen-bond donors (Lipinski definition) is 1. The normalized spacial score (nSPS) is 27.4. The smallest absolute Gasteiger partial charge is 0.154 e. The third kappa shape index (κ3) is 3.47. The van der Waals surface area contributed by atoms with E-state index in [4.69, 9.17) is 4.74 Å². The Hall–Kier alpha value is -0.910. The summed E-state index contributed by atoms with van der Waals surface area (Å²) in [6.45, 7) is 3.81. The molecule has 1 heterocycles. The van der Waals surface area contributed by atoms with Gasteiger partial charge in [-0.3, -0.25) is 0 Å². The number of ether oxygens (including phenoxy) is 1. The van der Waals surface area contributed by atoms with Gasteiger partial charge in [0, 0.05) is 32.1 Å². The Balaban J connectivity index is 1.56. The van der Waals surface area contributed by atoms with Crippen LogP contribution >= 0.6 is 0 Å². The van der Waals surface area contributed by atoms with Crippen LogP contribution in [-0.4, -0.2) is 45.2 Å². The highest BCUT2D eigenvalue weighted by atomic mass is 32.2. The molecule has 1 saturated carbocycles. The summed E-state index contributed by atoms with van der Waals surface area (Å²) in [6.07, 6.45) is 4.78. The van der Waals surface area contributed by atoms with E-state index in [0.29, 0.717) is 44.6 Å². The van der Waals surface area contributed by atoms with Gasteiger partial charge in [-0.25, -0.2) is 8.42 Å². The average Bonchev–Trinajstić information content (AvgIpc) is 2.47. The van der Waals surface area contributed by atoms with Crippen molar-refractivity contribution in [3.8, 4) is 0 Å². The lowest BCUT2D eigenvalue weighted by Crippen LogP contribution is -2.54. The van der Waals surface area contributed by atoms with Gasteiger partial charge in [-0.2, -0.15) is 0 Å². The second kappa shape index (κ2) is 6.54. The maximum atomic E-state index is 12.3. The van der Waals surface area contributed by atoms with Crippen LogP contribution in [-0.2, 0) is 14.6 Å². The second-order valence-corrected chi connectivity index (χ2v) is 9.58. The Morgan fingerprint density at radius 2 is 1.87 bits per heavy atom. The summed E-state index contributed by atoms with van der Waals surface area (Å²) < 4.78 is 29.2. The molecular weight excluding hydrogens is 310 g/mol. The fourth-order valence-electron chi connectivity index (χ4n) is 3.84. The van der Waals surface area contributed by atoms with Crippen LogP contribution in [0.4, 0.5) is 0 Å². The van der Waals surface area contributed by atoms with E-state index in [-0.39, 0.29) is 0 Å². The molecular formula is C18H27NO3S. The Kier molecular flexibility index (Phi) is 4.81. The molecule has 0 amide bonds. The van der Waals surface area contributed by atoms with Gasteiger partial charge in [0.2, 0.25) is 0 Å². The summed E-state index contributed by atoms with van der Waals surface area (Å²) in [7, 11) is -3.08. The van der Waals surface area contributed by atoms with Crippen molar-refractivity contribution in [3.05, 3.63) is 35.4 Å². The molecule has 2 fully saturated rings. The lowest BCUT2D eigenvalue weighted by molar-refractivity contribution is 0.0724. The van der Waals surface area contributed by atoms with Crippen molar-refractivity contribution < 1.29 is 13.2 Å². The lowest BCUT2D eigenvalue weighted by atomic mass is 9.74. The molecule has 1 saturated heterocycles. The number of hydrogen-bond acceptors (Lipinski definition) is 4. The van der Waals surface area contributed by atoms with Gasteiger partial charge >= 0.3 is 0 Å². The van der Waals surface area contributed by atoms with Crippen LogP contribution in [0.2, 0.25) is 0 Å². The van der Waals surface area contributed by atoms with Crippen LogP contribution in [0.15, 0.2) is 24.3 Å². The van der Waals surface area contributed by atoms with Crippen LogP contribution < -0.4 is 5.32 Å². The minimum absolute atomic E-state index is 0.432. The predicted octanol–water partition coefficient (Wildman–Crippen LogP) is 2.42. The standard InChI is InChI=1S/C18H27NO3S/c1-14-5-3-4-6-17(14)15-11-16(12-15)19-13-18(23(2,20)21)7-9-22-10-8-18/h3-6,15-16,19H,7-13H2,1-2H3. The van der Waals surface area contributed by atoms with Gasteiger partial charge in [-0.1, -0.05) is 24.3 Å². The van der Waals surface area contributed by atoms with Crippen molar-refractivity contribution in [2.75, 3.05) is 26.0 Å². The first-order valence-electron chi connectivity index (χ1n) is 8.47. The summed E-state index contributed by atoms with van der Waals surface area (Å²) in [5.41, 5.74) is 2.79. The van der Waals surface area contributed by atoms with Gasteiger partial charge in [0.25, 0.3) is 0 Å². The Bertz CT molecular complexity index is 644. The average molecular weight is 337 g/mol. The molecule has 0 bridgehead atoms. The molecule has 0 spiro atoms. The lowest BCUT2D eigenvalue weighted by Gasteiger charge is -2.41. The molecule has 3 rings (SSSR count). The highest BCUT2D eigenvalue weighted by Crippen LogP contribution is 2.39. The molecule has 0 unspecified atom stereocenters. The number of nitrogens with one attached hydrogen (secondary N) is 1. The number of sulfone groups is 1. The highest BCUT2D eigenvalue weighted by Gasteiger charge is 2.43. The van der Waals surface area contributed by atoms with Gasteiger partial charge in [-0.05, 0) is 49.7 Å². The van der Waals surface area contributed by atoms with E-state index in [1.54, 1.807) is 0 Å². The topological polar surface area (TPSA) is 55.4 Å². The fraction of sp³-hybridized carbons (Fsp3) is 0.667. The summed E-state index contributed by atoms with van der Waals surface area (Å²) in [6, 6.07) is 8.99. The first-order chi connectivity index (χ1) is 10.9. The molecule has 4 nitrogen and oxygen atoms in total. The number of benzene rings is 1. The van der Waals surface area contributed by atoms with Crippen molar-refractivity contribution >= 4 is 9.84 Å². The summed E-state index contributed by atoms with van der Waals surface area (Å²) in [5.74, 6) is 0.609. The zero-order chi connectivity index (χ0) is 16.5. The summed E-state index contributed by atoms with van der Waals surface area (Å²) in [5, 5.41) is 3.52. The van der Waals surface area contributed by atoms with Crippen molar-refractivity contribution in [2.24, 2.45) is 0 Å². The van der Waals surface area contributed by atoms with Gasteiger partial charge in [-0.15, -0.1) is 0 Å². The van der Waals surface area contributed by atoms with E-state index in [1.165, 1.54) is 17.4 Å². The molecule has 128 valence electrons. The van der Waals surface area contributed by atoms with Crippen LogP contribution in [0.3, 0.4) is 0 Å². The van der Waals surface area contributed by atoms with Crippen molar-refractivity contribution in [3.63, 3.8) is 0 Å². The molecule has 1 aliphatic carbocycles. The first kappa shape index (κ1) is 16.9. The van der Waals surface area contributed by atoms with Gasteiger partial charge < -0.3 is 10.1 Å². The Morgan fingerprint density at radius 3 is 2.48 bits per heavy atom. The zero-order valence-electron chi connectivity index (χ0n) is 14.0. The molecule has 1 aliphatic heterocycles. The van der Waals surface area contributed by atoms with Crippen molar-refractivity contribution in [1.29, 1.82) is 0 Å². The number of aryl methyl sites for hydroxylation is 1. The van der Waals surface area contributed by atoms with E-state index >= 15 is 0 Å². The molecule has 0 aromatic heterocycles. The van der Waals surface area contributed by atoms with E-state index in [9.17, 15) is 8.42 Å². The monoisotopic (exact) mass is 337 g/mol. The van der Waals surface area contributed by atoms with E-state index in [1.807, 2.05) is 0 Å². The molecule has 1 N–H and O–H groups in total. The van der Waals surface area contributed by atoms with Crippen LogP contribution in [0.5, 0.6) is 0 Å². The van der Waals surface area contributed by atoms with Crippen LogP contribution in [0, 0.1) is 6.92 Å². The number of rotatable bonds is 5. The molecule has 23 heavy (non-hydrogen) atoms. The molecule has 1 aromatic carbocycles. The van der Waals surface area contributed by atoms with Crippen molar-refractivity contribution in [1.82, 2.24) is 5.32 Å². The van der Waals surface area contributed by atoms with Crippen LogP contribution in [0.25, 0.3) is 0 Å².